The van der Waals surface area contributed by atoms with E-state index < -0.39 is 5.82 Å². The molecular weight excluding hydrogens is 191 g/mol. The Bertz CT molecular complexity index is 495. The van der Waals surface area contributed by atoms with Crippen molar-refractivity contribution >= 4 is 0 Å². The molecular formula is C12H7FN2. The fraction of sp³-hybridized carbons (Fsp3) is 0.167. The van der Waals surface area contributed by atoms with Crippen molar-refractivity contribution < 1.29 is 4.39 Å². The molecule has 2 nitrogen and oxygen atoms in total. The maximum atomic E-state index is 13.1. The van der Waals surface area contributed by atoms with Crippen LogP contribution in [-0.2, 0) is 6.42 Å². The van der Waals surface area contributed by atoms with E-state index in [2.05, 4.69) is 11.8 Å². The third-order valence-electron chi connectivity index (χ3n) is 1.72. The first-order chi connectivity index (χ1) is 7.27. The van der Waals surface area contributed by atoms with Gasteiger partial charge in [-0.05, 0) is 18.2 Å². The molecule has 0 fully saturated rings. The van der Waals surface area contributed by atoms with Crippen molar-refractivity contribution in [3.63, 3.8) is 0 Å². The molecule has 0 atom stereocenters. The summed E-state index contributed by atoms with van der Waals surface area (Å²) in [4.78, 5) is 0. The van der Waals surface area contributed by atoms with E-state index in [9.17, 15) is 4.39 Å². The van der Waals surface area contributed by atoms with E-state index in [0.717, 1.165) is 0 Å². The highest BCUT2D eigenvalue weighted by molar-refractivity contribution is 5.38. The highest BCUT2D eigenvalue weighted by Gasteiger charge is 2.01. The normalized spacial score (nSPS) is 8.20. The van der Waals surface area contributed by atoms with Gasteiger partial charge in [0.2, 0.25) is 0 Å². The molecule has 0 saturated carbocycles. The zero-order valence-corrected chi connectivity index (χ0v) is 7.92. The Morgan fingerprint density at radius 1 is 1.20 bits per heavy atom. The lowest BCUT2D eigenvalue weighted by molar-refractivity contribution is 0.615. The molecule has 0 N–H and O–H groups in total. The molecule has 0 aliphatic carbocycles. The number of halogens is 1. The Morgan fingerprint density at radius 2 is 2.00 bits per heavy atom. The Kier molecular flexibility index (Phi) is 3.90. The van der Waals surface area contributed by atoms with E-state index in [-0.39, 0.29) is 12.8 Å². The average molecular weight is 198 g/mol. The van der Waals surface area contributed by atoms with Crippen molar-refractivity contribution in [3.8, 4) is 24.0 Å². The zero-order valence-electron chi connectivity index (χ0n) is 7.92. The van der Waals surface area contributed by atoms with Crippen LogP contribution < -0.4 is 0 Å². The summed E-state index contributed by atoms with van der Waals surface area (Å²) in [5.41, 5.74) is 0.957. The summed E-state index contributed by atoms with van der Waals surface area (Å²) in [5, 5.41) is 16.7. The fourth-order valence-corrected chi connectivity index (χ4v) is 1.06. The van der Waals surface area contributed by atoms with Crippen LogP contribution in [0.15, 0.2) is 18.2 Å². The van der Waals surface area contributed by atoms with Crippen LogP contribution in [0, 0.1) is 40.3 Å². The Labute approximate surface area is 87.6 Å². The van der Waals surface area contributed by atoms with E-state index >= 15 is 0 Å². The standard InChI is InChI=1S/C12H7FN2/c13-12-5-4-10(3-1-2-7-14)9-11(12)6-8-15/h4-5,9H,2,6H2. The van der Waals surface area contributed by atoms with Gasteiger partial charge in [0, 0.05) is 11.1 Å². The molecule has 0 aromatic heterocycles. The number of rotatable bonds is 1. The van der Waals surface area contributed by atoms with Gasteiger partial charge >= 0.3 is 0 Å². The van der Waals surface area contributed by atoms with E-state index in [1.807, 2.05) is 12.1 Å². The van der Waals surface area contributed by atoms with Crippen molar-refractivity contribution in [1.82, 2.24) is 0 Å². The van der Waals surface area contributed by atoms with Crippen LogP contribution in [0.25, 0.3) is 0 Å². The van der Waals surface area contributed by atoms with E-state index in [1.54, 1.807) is 0 Å². The molecule has 1 aromatic carbocycles. The van der Waals surface area contributed by atoms with Crippen LogP contribution in [0.1, 0.15) is 17.5 Å². The van der Waals surface area contributed by atoms with Crippen molar-refractivity contribution in [3.05, 3.63) is 35.1 Å². The predicted octanol–water partition coefficient (Wildman–Crippen LogP) is 2.16. The number of nitrogens with zero attached hydrogens (tertiary/aromatic N) is 2. The predicted molar refractivity (Wildman–Crippen MR) is 52.8 cm³/mol. The molecule has 72 valence electrons. The molecule has 3 heteroatoms. The van der Waals surface area contributed by atoms with Crippen LogP contribution in [0.3, 0.4) is 0 Å². The number of benzene rings is 1. The van der Waals surface area contributed by atoms with Gasteiger partial charge in [-0.15, -0.1) is 0 Å². The van der Waals surface area contributed by atoms with Crippen LogP contribution in [-0.4, -0.2) is 0 Å². The van der Waals surface area contributed by atoms with Gasteiger partial charge in [0.1, 0.15) is 5.82 Å². The molecule has 1 rings (SSSR count). The second kappa shape index (κ2) is 5.43. The van der Waals surface area contributed by atoms with Crippen molar-refractivity contribution in [2.24, 2.45) is 0 Å². The van der Waals surface area contributed by atoms with Gasteiger partial charge in [-0.3, -0.25) is 0 Å². The molecule has 0 unspecified atom stereocenters. The topological polar surface area (TPSA) is 47.6 Å². The second-order valence-corrected chi connectivity index (χ2v) is 2.78. The first-order valence-electron chi connectivity index (χ1n) is 4.29. The van der Waals surface area contributed by atoms with E-state index in [1.165, 1.54) is 18.2 Å². The minimum absolute atomic E-state index is 0.0274. The minimum atomic E-state index is -0.401. The second-order valence-electron chi connectivity index (χ2n) is 2.78. The summed E-state index contributed by atoms with van der Waals surface area (Å²) in [7, 11) is 0. The van der Waals surface area contributed by atoms with Gasteiger partial charge in [0.15, 0.2) is 0 Å². The number of hydrogen-bond acceptors (Lipinski definition) is 2. The maximum absolute atomic E-state index is 13.1. The van der Waals surface area contributed by atoms with Gasteiger partial charge in [-0.25, -0.2) is 4.39 Å². The Hall–Kier alpha value is -2.31. The van der Waals surface area contributed by atoms with Gasteiger partial charge in [0.05, 0.1) is 25.0 Å². The Morgan fingerprint density at radius 3 is 2.67 bits per heavy atom. The van der Waals surface area contributed by atoms with Gasteiger partial charge in [-0.1, -0.05) is 11.8 Å². The maximum Gasteiger partial charge on any atom is 0.127 e. The van der Waals surface area contributed by atoms with Crippen molar-refractivity contribution in [1.29, 1.82) is 10.5 Å². The molecule has 15 heavy (non-hydrogen) atoms. The molecule has 0 spiro atoms. The lowest BCUT2D eigenvalue weighted by atomic mass is 10.1. The van der Waals surface area contributed by atoms with Crippen LogP contribution in [0.2, 0.25) is 0 Å². The van der Waals surface area contributed by atoms with Crippen molar-refractivity contribution in [2.75, 3.05) is 0 Å². The smallest absolute Gasteiger partial charge is 0.127 e. The monoisotopic (exact) mass is 198 g/mol. The molecule has 0 saturated heterocycles. The summed E-state index contributed by atoms with van der Waals surface area (Å²) in [6, 6.07) is 8.11. The molecule has 0 aliphatic rings. The summed E-state index contributed by atoms with van der Waals surface area (Å²) >= 11 is 0. The average Bonchev–Trinajstić information content (AvgIpc) is 2.23. The van der Waals surface area contributed by atoms with Gasteiger partial charge < -0.3 is 0 Å². The molecule has 0 aliphatic heterocycles. The summed E-state index contributed by atoms with van der Waals surface area (Å²) in [6.45, 7) is 0. The highest BCUT2D eigenvalue weighted by Crippen LogP contribution is 2.10. The van der Waals surface area contributed by atoms with Crippen molar-refractivity contribution in [2.45, 2.75) is 12.8 Å². The molecule has 0 bridgehead atoms. The Balaban J connectivity index is 2.96. The molecule has 1 aromatic rings. The first kappa shape index (κ1) is 10.8. The first-order valence-corrected chi connectivity index (χ1v) is 4.29. The quantitative estimate of drug-likeness (QED) is 0.649. The zero-order chi connectivity index (χ0) is 11.1. The highest BCUT2D eigenvalue weighted by atomic mass is 19.1. The third-order valence-corrected chi connectivity index (χ3v) is 1.72. The molecule has 0 heterocycles. The summed E-state index contributed by atoms with van der Waals surface area (Å²) in [6.07, 6.45) is 0.171. The fourth-order valence-electron chi connectivity index (χ4n) is 1.06. The third kappa shape index (κ3) is 3.14. The van der Waals surface area contributed by atoms with Crippen LogP contribution in [0.4, 0.5) is 4.39 Å². The van der Waals surface area contributed by atoms with Gasteiger partial charge in [0.25, 0.3) is 0 Å². The number of nitriles is 2. The lowest BCUT2D eigenvalue weighted by Gasteiger charge is -1.97. The molecule has 0 amide bonds. The minimum Gasteiger partial charge on any atom is -0.207 e. The van der Waals surface area contributed by atoms with E-state index in [0.29, 0.717) is 11.1 Å². The largest absolute Gasteiger partial charge is 0.207 e. The SMILES string of the molecule is N#CCC#Cc1ccc(F)c(CC#N)c1. The van der Waals surface area contributed by atoms with Crippen LogP contribution >= 0.6 is 0 Å². The van der Waals surface area contributed by atoms with E-state index in [4.69, 9.17) is 10.5 Å². The number of hydrogen-bond donors (Lipinski definition) is 0. The molecule has 0 radical (unpaired) electrons. The summed E-state index contributed by atoms with van der Waals surface area (Å²) < 4.78 is 13.1. The lowest BCUT2D eigenvalue weighted by Crippen LogP contribution is -1.89. The van der Waals surface area contributed by atoms with Crippen LogP contribution in [0.5, 0.6) is 0 Å². The van der Waals surface area contributed by atoms with Gasteiger partial charge in [-0.2, -0.15) is 10.5 Å². The summed E-state index contributed by atoms with van der Waals surface area (Å²) in [5.74, 6) is 4.95.